The van der Waals surface area contributed by atoms with Crippen molar-refractivity contribution < 1.29 is 23.4 Å². The second kappa shape index (κ2) is 5.15. The van der Waals surface area contributed by atoms with Gasteiger partial charge in [0.25, 0.3) is 0 Å². The first-order valence-electron chi connectivity index (χ1n) is 4.91. The maximum atomic E-state index is 11.8. The number of phenolic OH excluding ortho intramolecular Hbond substituents is 1. The first-order chi connectivity index (χ1) is 7.86. The van der Waals surface area contributed by atoms with Crippen molar-refractivity contribution in [2.45, 2.75) is 24.3 Å². The highest BCUT2D eigenvalue weighted by atomic mass is 32.2. The molecule has 0 spiro atoms. The smallest absolute Gasteiger partial charge is 0.321 e. The number of phenols is 1. The Morgan fingerprint density at radius 3 is 2.59 bits per heavy atom. The van der Waals surface area contributed by atoms with Crippen molar-refractivity contribution in [3.63, 3.8) is 0 Å². The number of nitrogens with one attached hydrogen (secondary N) is 1. The van der Waals surface area contributed by atoms with Crippen LogP contribution in [0.3, 0.4) is 0 Å². The molecule has 0 fully saturated rings. The zero-order valence-corrected chi connectivity index (χ0v) is 9.94. The average Bonchev–Trinajstić information content (AvgIpc) is 2.25. The van der Waals surface area contributed by atoms with Crippen LogP contribution in [-0.4, -0.2) is 30.6 Å². The number of carbonyl (C=O) groups is 1. The maximum absolute atomic E-state index is 11.8. The van der Waals surface area contributed by atoms with E-state index in [1.54, 1.807) is 6.92 Å². The number of benzene rings is 1. The van der Waals surface area contributed by atoms with E-state index in [-0.39, 0.29) is 17.1 Å². The van der Waals surface area contributed by atoms with Crippen molar-refractivity contribution in [1.82, 2.24) is 4.72 Å². The van der Waals surface area contributed by atoms with E-state index in [1.165, 1.54) is 18.2 Å². The van der Waals surface area contributed by atoms with Crippen LogP contribution in [-0.2, 0) is 14.8 Å². The highest BCUT2D eigenvalue weighted by Gasteiger charge is 2.23. The molecule has 1 aromatic carbocycles. The zero-order valence-electron chi connectivity index (χ0n) is 9.12. The molecule has 0 aliphatic rings. The monoisotopic (exact) mass is 259 g/mol. The summed E-state index contributed by atoms with van der Waals surface area (Å²) in [7, 11) is -3.93. The molecule has 0 bridgehead atoms. The standard InChI is InChI=1S/C10H13NO5S/c1-2-9(10(13)14)11-17(15,16)8-5-3-4-7(12)6-8/h3-6,9,11-12H,2H2,1H3,(H,13,14). The second-order valence-electron chi connectivity index (χ2n) is 3.42. The number of aromatic hydroxyl groups is 1. The number of hydrogen-bond donors (Lipinski definition) is 3. The van der Waals surface area contributed by atoms with Crippen LogP contribution in [0.1, 0.15) is 13.3 Å². The Morgan fingerprint density at radius 2 is 2.12 bits per heavy atom. The number of carboxylic acids is 1. The summed E-state index contributed by atoms with van der Waals surface area (Å²) >= 11 is 0. The third-order valence-electron chi connectivity index (χ3n) is 2.13. The van der Waals surface area contributed by atoms with Gasteiger partial charge >= 0.3 is 5.97 Å². The number of hydrogen-bond acceptors (Lipinski definition) is 4. The third-order valence-corrected chi connectivity index (χ3v) is 3.60. The van der Waals surface area contributed by atoms with Crippen molar-refractivity contribution in [3.8, 4) is 5.75 Å². The number of sulfonamides is 1. The molecule has 1 atom stereocenters. The van der Waals surface area contributed by atoms with Crippen LogP contribution < -0.4 is 4.72 Å². The SMILES string of the molecule is CCC(NS(=O)(=O)c1cccc(O)c1)C(=O)O. The second-order valence-corrected chi connectivity index (χ2v) is 5.13. The third kappa shape index (κ3) is 3.43. The molecule has 0 amide bonds. The first kappa shape index (κ1) is 13.5. The summed E-state index contributed by atoms with van der Waals surface area (Å²) in [5.74, 6) is -1.44. The molecule has 0 saturated carbocycles. The van der Waals surface area contributed by atoms with Gasteiger partial charge in [-0.05, 0) is 24.6 Å². The predicted octanol–water partition coefficient (Wildman–Crippen LogP) is 0.534. The lowest BCUT2D eigenvalue weighted by atomic mass is 10.2. The van der Waals surface area contributed by atoms with Gasteiger partial charge in [0.05, 0.1) is 4.90 Å². The van der Waals surface area contributed by atoms with E-state index >= 15 is 0 Å². The van der Waals surface area contributed by atoms with E-state index in [9.17, 15) is 13.2 Å². The lowest BCUT2D eigenvalue weighted by Crippen LogP contribution is -2.40. The minimum atomic E-state index is -3.93. The van der Waals surface area contributed by atoms with Crippen molar-refractivity contribution >= 4 is 16.0 Å². The van der Waals surface area contributed by atoms with Gasteiger partial charge in [-0.1, -0.05) is 13.0 Å². The fourth-order valence-corrected chi connectivity index (χ4v) is 2.53. The van der Waals surface area contributed by atoms with Gasteiger partial charge in [-0.3, -0.25) is 4.79 Å². The largest absolute Gasteiger partial charge is 0.508 e. The molecular formula is C10H13NO5S. The van der Waals surface area contributed by atoms with Crippen LogP contribution in [0.4, 0.5) is 0 Å². The molecule has 1 aromatic rings. The topological polar surface area (TPSA) is 104 Å². The quantitative estimate of drug-likeness (QED) is 0.715. The van der Waals surface area contributed by atoms with Gasteiger partial charge in [-0.2, -0.15) is 4.72 Å². The fourth-order valence-electron chi connectivity index (χ4n) is 1.21. The Kier molecular flexibility index (Phi) is 4.08. The molecule has 6 nitrogen and oxygen atoms in total. The van der Waals surface area contributed by atoms with Crippen LogP contribution >= 0.6 is 0 Å². The summed E-state index contributed by atoms with van der Waals surface area (Å²) in [6, 6.07) is 3.84. The predicted molar refractivity (Wildman–Crippen MR) is 60.1 cm³/mol. The highest BCUT2D eigenvalue weighted by Crippen LogP contribution is 2.16. The van der Waals surface area contributed by atoms with Gasteiger partial charge in [0.15, 0.2) is 0 Å². The van der Waals surface area contributed by atoms with Crippen molar-refractivity contribution in [1.29, 1.82) is 0 Å². The van der Waals surface area contributed by atoms with Crippen molar-refractivity contribution in [2.24, 2.45) is 0 Å². The number of carboxylic acid groups (broad SMARTS) is 1. The van der Waals surface area contributed by atoms with Gasteiger partial charge in [-0.15, -0.1) is 0 Å². The molecule has 1 rings (SSSR count). The molecule has 0 radical (unpaired) electrons. The van der Waals surface area contributed by atoms with E-state index in [4.69, 9.17) is 10.2 Å². The van der Waals surface area contributed by atoms with Crippen molar-refractivity contribution in [2.75, 3.05) is 0 Å². The summed E-state index contributed by atoms with van der Waals surface area (Å²) in [4.78, 5) is 10.6. The van der Waals surface area contributed by atoms with Gasteiger partial charge < -0.3 is 10.2 Å². The normalized spacial score (nSPS) is 13.2. The van der Waals surface area contributed by atoms with Crippen LogP contribution in [0, 0.1) is 0 Å². The van der Waals surface area contributed by atoms with Gasteiger partial charge in [0.2, 0.25) is 10.0 Å². The van der Waals surface area contributed by atoms with Crippen LogP contribution in [0.2, 0.25) is 0 Å². The summed E-state index contributed by atoms with van der Waals surface area (Å²) in [6.07, 6.45) is 0.132. The molecule has 7 heteroatoms. The Labute approximate surface area is 99.0 Å². The van der Waals surface area contributed by atoms with Gasteiger partial charge in [0, 0.05) is 0 Å². The van der Waals surface area contributed by atoms with Gasteiger partial charge in [0.1, 0.15) is 11.8 Å². The Hall–Kier alpha value is -1.60. The molecular weight excluding hydrogens is 246 g/mol. The molecule has 94 valence electrons. The van der Waals surface area contributed by atoms with Gasteiger partial charge in [-0.25, -0.2) is 8.42 Å². The summed E-state index contributed by atoms with van der Waals surface area (Å²) in [5, 5.41) is 17.9. The molecule has 0 saturated heterocycles. The highest BCUT2D eigenvalue weighted by molar-refractivity contribution is 7.89. The lowest BCUT2D eigenvalue weighted by Gasteiger charge is -2.12. The number of aliphatic carboxylic acids is 1. The minimum Gasteiger partial charge on any atom is -0.508 e. The Bertz CT molecular complexity index is 511. The van der Waals surface area contributed by atoms with E-state index in [0.29, 0.717) is 0 Å². The molecule has 0 aromatic heterocycles. The summed E-state index contributed by atoms with van der Waals surface area (Å²) in [5.41, 5.74) is 0. The van der Waals surface area contributed by atoms with E-state index < -0.39 is 22.0 Å². The van der Waals surface area contributed by atoms with Crippen LogP contribution in [0.15, 0.2) is 29.2 Å². The molecule has 1 unspecified atom stereocenters. The van der Waals surface area contributed by atoms with E-state index in [1.807, 2.05) is 4.72 Å². The van der Waals surface area contributed by atoms with E-state index in [0.717, 1.165) is 6.07 Å². The summed E-state index contributed by atoms with van der Waals surface area (Å²) in [6.45, 7) is 1.56. The van der Waals surface area contributed by atoms with Crippen LogP contribution in [0.25, 0.3) is 0 Å². The zero-order chi connectivity index (χ0) is 13.1. The molecule has 0 aliphatic carbocycles. The molecule has 3 N–H and O–H groups in total. The molecule has 17 heavy (non-hydrogen) atoms. The lowest BCUT2D eigenvalue weighted by molar-refractivity contribution is -0.139. The molecule has 0 heterocycles. The van der Waals surface area contributed by atoms with Crippen LogP contribution in [0.5, 0.6) is 5.75 Å². The Balaban J connectivity index is 3.00. The first-order valence-corrected chi connectivity index (χ1v) is 6.39. The minimum absolute atomic E-state index is 0.132. The number of rotatable bonds is 5. The maximum Gasteiger partial charge on any atom is 0.321 e. The Morgan fingerprint density at radius 1 is 1.47 bits per heavy atom. The van der Waals surface area contributed by atoms with Crippen molar-refractivity contribution in [3.05, 3.63) is 24.3 Å². The molecule has 0 aliphatic heterocycles. The fraction of sp³-hybridized carbons (Fsp3) is 0.300. The average molecular weight is 259 g/mol. The van der Waals surface area contributed by atoms with E-state index in [2.05, 4.69) is 0 Å². The summed E-state index contributed by atoms with van der Waals surface area (Å²) < 4.78 is 25.6.